The van der Waals surface area contributed by atoms with Crippen molar-refractivity contribution in [3.63, 3.8) is 0 Å². The highest BCUT2D eigenvalue weighted by molar-refractivity contribution is 5.81. The minimum atomic E-state index is -0.572. The lowest BCUT2D eigenvalue weighted by molar-refractivity contribution is -0.127. The molecule has 0 saturated carbocycles. The predicted molar refractivity (Wildman–Crippen MR) is 93.3 cm³/mol. The van der Waals surface area contributed by atoms with Crippen LogP contribution in [0.25, 0.3) is 0 Å². The zero-order valence-electron chi connectivity index (χ0n) is 14.4. The summed E-state index contributed by atoms with van der Waals surface area (Å²) < 4.78 is 0. The van der Waals surface area contributed by atoms with Gasteiger partial charge >= 0.3 is 0 Å². The van der Waals surface area contributed by atoms with E-state index in [1.807, 2.05) is 44.2 Å². The first-order valence-corrected chi connectivity index (χ1v) is 8.84. The van der Waals surface area contributed by atoms with E-state index in [1.165, 1.54) is 25.7 Å². The Morgan fingerprint density at radius 1 is 1.13 bits per heavy atom. The molecule has 2 N–H and O–H groups in total. The van der Waals surface area contributed by atoms with Crippen LogP contribution in [-0.2, 0) is 11.2 Å². The van der Waals surface area contributed by atoms with E-state index in [9.17, 15) is 9.90 Å². The van der Waals surface area contributed by atoms with E-state index in [1.54, 1.807) is 0 Å². The molecule has 1 aromatic rings. The number of nitrogens with zero attached hydrogens (tertiary/aromatic N) is 1. The molecule has 1 saturated heterocycles. The second kappa shape index (κ2) is 9.04. The number of rotatable bonds is 6. The summed E-state index contributed by atoms with van der Waals surface area (Å²) >= 11 is 0. The molecule has 3 unspecified atom stereocenters. The van der Waals surface area contributed by atoms with E-state index in [0.29, 0.717) is 6.42 Å². The number of aliphatic hydroxyl groups is 1. The first-order chi connectivity index (χ1) is 11.1. The minimum Gasteiger partial charge on any atom is -0.391 e. The lowest BCUT2D eigenvalue weighted by Gasteiger charge is -2.29. The summed E-state index contributed by atoms with van der Waals surface area (Å²) in [5.74, 6) is 0.0199. The van der Waals surface area contributed by atoms with Crippen molar-refractivity contribution in [1.82, 2.24) is 10.2 Å². The number of carbonyl (C=O) groups excluding carboxylic acids is 1. The largest absolute Gasteiger partial charge is 0.391 e. The van der Waals surface area contributed by atoms with Gasteiger partial charge in [-0.3, -0.25) is 9.69 Å². The van der Waals surface area contributed by atoms with Crippen LogP contribution in [0.1, 0.15) is 45.1 Å². The highest BCUT2D eigenvalue weighted by Crippen LogP contribution is 2.13. The van der Waals surface area contributed by atoms with Gasteiger partial charge in [-0.25, -0.2) is 0 Å². The van der Waals surface area contributed by atoms with E-state index in [4.69, 9.17) is 0 Å². The third kappa shape index (κ3) is 5.63. The van der Waals surface area contributed by atoms with Gasteiger partial charge in [0.25, 0.3) is 0 Å². The standard InChI is InChI=1S/C19H30N2O2/c1-15(18(22)14-17-10-6-5-7-11-17)20-19(23)16(2)21-12-8-3-4-9-13-21/h5-7,10-11,15-16,18,22H,3-4,8-9,12-14H2,1-2H3,(H,20,23). The van der Waals surface area contributed by atoms with Gasteiger partial charge < -0.3 is 10.4 Å². The Labute approximate surface area is 139 Å². The summed E-state index contributed by atoms with van der Waals surface area (Å²) in [4.78, 5) is 14.7. The van der Waals surface area contributed by atoms with Crippen molar-refractivity contribution in [2.75, 3.05) is 13.1 Å². The van der Waals surface area contributed by atoms with Crippen molar-refractivity contribution in [3.05, 3.63) is 35.9 Å². The molecule has 1 aliphatic rings. The summed E-state index contributed by atoms with van der Waals surface area (Å²) in [7, 11) is 0. The van der Waals surface area contributed by atoms with Crippen molar-refractivity contribution in [3.8, 4) is 0 Å². The number of hydrogen-bond donors (Lipinski definition) is 2. The van der Waals surface area contributed by atoms with Crippen molar-refractivity contribution in [2.45, 2.75) is 64.1 Å². The molecule has 1 heterocycles. The number of carbonyl (C=O) groups is 1. The van der Waals surface area contributed by atoms with Crippen LogP contribution >= 0.6 is 0 Å². The number of amides is 1. The molecule has 0 bridgehead atoms. The van der Waals surface area contributed by atoms with Crippen LogP contribution in [0, 0.1) is 0 Å². The molecule has 0 radical (unpaired) electrons. The molecule has 1 aliphatic heterocycles. The Morgan fingerprint density at radius 3 is 2.35 bits per heavy atom. The van der Waals surface area contributed by atoms with Gasteiger partial charge in [-0.05, 0) is 45.3 Å². The zero-order valence-corrected chi connectivity index (χ0v) is 14.4. The van der Waals surface area contributed by atoms with Crippen molar-refractivity contribution in [1.29, 1.82) is 0 Å². The first-order valence-electron chi connectivity index (χ1n) is 8.84. The van der Waals surface area contributed by atoms with Crippen LogP contribution in [0.4, 0.5) is 0 Å². The quantitative estimate of drug-likeness (QED) is 0.846. The molecule has 1 aromatic carbocycles. The molecule has 2 rings (SSSR count). The van der Waals surface area contributed by atoms with Crippen molar-refractivity contribution in [2.24, 2.45) is 0 Å². The third-order valence-electron chi connectivity index (χ3n) is 4.80. The number of hydrogen-bond acceptors (Lipinski definition) is 3. The normalized spacial score (nSPS) is 20.3. The van der Waals surface area contributed by atoms with Crippen LogP contribution in [-0.4, -0.2) is 47.2 Å². The average Bonchev–Trinajstić information content (AvgIpc) is 2.84. The Hall–Kier alpha value is -1.39. The molecule has 0 aliphatic carbocycles. The van der Waals surface area contributed by atoms with E-state index in [2.05, 4.69) is 10.2 Å². The Bertz CT molecular complexity index is 470. The Morgan fingerprint density at radius 2 is 1.74 bits per heavy atom. The fraction of sp³-hybridized carbons (Fsp3) is 0.632. The first kappa shape index (κ1) is 18.0. The van der Waals surface area contributed by atoms with Gasteiger partial charge in [-0.2, -0.15) is 0 Å². The van der Waals surface area contributed by atoms with Gasteiger partial charge in [-0.1, -0.05) is 43.2 Å². The summed E-state index contributed by atoms with van der Waals surface area (Å²) in [6, 6.07) is 9.51. The maximum atomic E-state index is 12.5. The van der Waals surface area contributed by atoms with Crippen molar-refractivity contribution >= 4 is 5.91 Å². The zero-order chi connectivity index (χ0) is 16.7. The summed E-state index contributed by atoms with van der Waals surface area (Å²) in [6.45, 7) is 5.84. The van der Waals surface area contributed by atoms with Crippen LogP contribution in [0.15, 0.2) is 30.3 Å². The number of benzene rings is 1. The Balaban J connectivity index is 1.83. The van der Waals surface area contributed by atoms with E-state index < -0.39 is 6.10 Å². The van der Waals surface area contributed by atoms with E-state index in [-0.39, 0.29) is 18.0 Å². The second-order valence-electron chi connectivity index (χ2n) is 6.68. The topological polar surface area (TPSA) is 52.6 Å². The lowest BCUT2D eigenvalue weighted by Crippen LogP contribution is -2.51. The molecule has 4 heteroatoms. The number of aliphatic hydroxyl groups excluding tert-OH is 1. The lowest BCUT2D eigenvalue weighted by atomic mass is 10.0. The van der Waals surface area contributed by atoms with Crippen LogP contribution in [0.5, 0.6) is 0 Å². The smallest absolute Gasteiger partial charge is 0.237 e. The van der Waals surface area contributed by atoms with Gasteiger partial charge in [0.05, 0.1) is 18.2 Å². The average molecular weight is 318 g/mol. The molecule has 0 spiro atoms. The fourth-order valence-corrected chi connectivity index (χ4v) is 3.12. The van der Waals surface area contributed by atoms with Gasteiger partial charge in [0.1, 0.15) is 0 Å². The minimum absolute atomic E-state index is 0.0199. The van der Waals surface area contributed by atoms with Gasteiger partial charge in [0.2, 0.25) is 5.91 Å². The summed E-state index contributed by atoms with van der Waals surface area (Å²) in [5.41, 5.74) is 1.08. The van der Waals surface area contributed by atoms with Crippen LogP contribution < -0.4 is 5.32 Å². The molecule has 1 fully saturated rings. The number of likely N-dealkylation sites (tertiary alicyclic amines) is 1. The molecule has 1 amide bonds. The number of nitrogens with one attached hydrogen (secondary N) is 1. The van der Waals surface area contributed by atoms with Crippen molar-refractivity contribution < 1.29 is 9.90 Å². The second-order valence-corrected chi connectivity index (χ2v) is 6.68. The molecule has 3 atom stereocenters. The monoisotopic (exact) mass is 318 g/mol. The summed E-state index contributed by atoms with van der Waals surface area (Å²) in [5, 5.41) is 13.3. The van der Waals surface area contributed by atoms with Gasteiger partial charge in [-0.15, -0.1) is 0 Å². The van der Waals surface area contributed by atoms with Gasteiger partial charge in [0, 0.05) is 6.42 Å². The van der Waals surface area contributed by atoms with E-state index >= 15 is 0 Å². The molecule has 4 nitrogen and oxygen atoms in total. The fourth-order valence-electron chi connectivity index (χ4n) is 3.12. The predicted octanol–water partition coefficient (Wildman–Crippen LogP) is 2.36. The molecular formula is C19H30N2O2. The van der Waals surface area contributed by atoms with E-state index in [0.717, 1.165) is 18.7 Å². The highest BCUT2D eigenvalue weighted by Gasteiger charge is 2.25. The summed E-state index contributed by atoms with van der Waals surface area (Å²) in [6.07, 6.45) is 4.85. The Kier molecular flexibility index (Phi) is 7.06. The molecule has 128 valence electrons. The maximum Gasteiger partial charge on any atom is 0.237 e. The van der Waals surface area contributed by atoms with Gasteiger partial charge in [0.15, 0.2) is 0 Å². The third-order valence-corrected chi connectivity index (χ3v) is 4.80. The maximum absolute atomic E-state index is 12.5. The van der Waals surface area contributed by atoms with Crippen LogP contribution in [0.3, 0.4) is 0 Å². The van der Waals surface area contributed by atoms with Crippen LogP contribution in [0.2, 0.25) is 0 Å². The highest BCUT2D eigenvalue weighted by atomic mass is 16.3. The molecule has 23 heavy (non-hydrogen) atoms. The molecule has 0 aromatic heterocycles. The SMILES string of the molecule is CC(NC(=O)C(C)N1CCCCCC1)C(O)Cc1ccccc1. The molecular weight excluding hydrogens is 288 g/mol.